The number of hydrogen-bond acceptors (Lipinski definition) is 2. The van der Waals surface area contributed by atoms with Crippen LogP contribution in [0.15, 0.2) is 36.4 Å². The maximum atomic E-state index is 12.6. The molecular formula is C18H23NO3. The van der Waals surface area contributed by atoms with E-state index in [1.807, 2.05) is 36.4 Å². The van der Waals surface area contributed by atoms with Gasteiger partial charge in [-0.15, -0.1) is 0 Å². The van der Waals surface area contributed by atoms with E-state index in [4.69, 9.17) is 0 Å². The van der Waals surface area contributed by atoms with Crippen molar-refractivity contribution >= 4 is 17.6 Å². The zero-order valence-electron chi connectivity index (χ0n) is 13.3. The summed E-state index contributed by atoms with van der Waals surface area (Å²) in [4.78, 5) is 23.9. The van der Waals surface area contributed by atoms with Crippen molar-refractivity contribution in [2.24, 2.45) is 11.8 Å². The second-order valence-electron chi connectivity index (χ2n) is 6.78. The molecule has 4 heteroatoms. The van der Waals surface area contributed by atoms with E-state index in [1.54, 1.807) is 0 Å². The van der Waals surface area contributed by atoms with Crippen molar-refractivity contribution in [3.05, 3.63) is 42.0 Å². The summed E-state index contributed by atoms with van der Waals surface area (Å²) in [6.45, 7) is 6.25. The second kappa shape index (κ2) is 6.34. The maximum absolute atomic E-state index is 12.6. The first-order valence-electron chi connectivity index (χ1n) is 7.59. The summed E-state index contributed by atoms with van der Waals surface area (Å²) >= 11 is 0. The van der Waals surface area contributed by atoms with Gasteiger partial charge in [0.2, 0.25) is 5.91 Å². The fourth-order valence-corrected chi connectivity index (χ4v) is 2.85. The lowest BCUT2D eigenvalue weighted by Gasteiger charge is -2.27. The monoisotopic (exact) mass is 301 g/mol. The number of amides is 1. The minimum absolute atomic E-state index is 0.0947. The predicted octanol–water partition coefficient (Wildman–Crippen LogP) is 3.59. The van der Waals surface area contributed by atoms with Crippen LogP contribution < -0.4 is 5.32 Å². The highest BCUT2D eigenvalue weighted by molar-refractivity contribution is 5.96. The lowest BCUT2D eigenvalue weighted by atomic mass is 9.82. The Kier molecular flexibility index (Phi) is 4.69. The van der Waals surface area contributed by atoms with Crippen LogP contribution in [0, 0.1) is 11.8 Å². The number of nitrogens with one attached hydrogen (secondary N) is 1. The van der Waals surface area contributed by atoms with Gasteiger partial charge in [-0.2, -0.15) is 0 Å². The molecule has 1 aromatic rings. The Hall–Kier alpha value is -2.10. The first kappa shape index (κ1) is 16.3. The molecule has 1 aliphatic carbocycles. The number of carbonyl (C=O) groups excluding carboxylic acids is 1. The Balaban J connectivity index is 2.22. The number of carboxylic acid groups (broad SMARTS) is 1. The van der Waals surface area contributed by atoms with Crippen LogP contribution in [0.3, 0.4) is 0 Å². The van der Waals surface area contributed by atoms with E-state index >= 15 is 0 Å². The number of carbonyl (C=O) groups is 2. The Morgan fingerprint density at radius 3 is 2.27 bits per heavy atom. The quantitative estimate of drug-likeness (QED) is 0.838. The minimum atomic E-state index is -0.909. The molecule has 118 valence electrons. The molecule has 2 rings (SSSR count). The van der Waals surface area contributed by atoms with Gasteiger partial charge in [0.25, 0.3) is 0 Å². The fraction of sp³-hybridized carbons (Fsp3) is 0.444. The molecule has 0 bridgehead atoms. The van der Waals surface area contributed by atoms with Crippen LogP contribution >= 0.6 is 0 Å². The lowest BCUT2D eigenvalue weighted by Crippen LogP contribution is -2.35. The van der Waals surface area contributed by atoms with Crippen molar-refractivity contribution in [1.29, 1.82) is 0 Å². The average Bonchev–Trinajstić information content (AvgIpc) is 2.46. The molecule has 0 unspecified atom stereocenters. The van der Waals surface area contributed by atoms with E-state index in [1.165, 1.54) is 0 Å². The summed E-state index contributed by atoms with van der Waals surface area (Å²) in [6, 6.07) is 7.68. The van der Waals surface area contributed by atoms with Gasteiger partial charge in [0, 0.05) is 5.69 Å². The van der Waals surface area contributed by atoms with Gasteiger partial charge in [-0.25, -0.2) is 0 Å². The van der Waals surface area contributed by atoms with Gasteiger partial charge in [0.1, 0.15) is 0 Å². The second-order valence-corrected chi connectivity index (χ2v) is 6.78. The first-order chi connectivity index (χ1) is 10.3. The van der Waals surface area contributed by atoms with E-state index in [-0.39, 0.29) is 11.3 Å². The number of benzene rings is 1. The molecule has 1 aliphatic rings. The molecule has 2 N–H and O–H groups in total. The number of allylic oxidation sites excluding steroid dienone is 2. The van der Waals surface area contributed by atoms with Gasteiger partial charge >= 0.3 is 5.97 Å². The van der Waals surface area contributed by atoms with Crippen LogP contribution in [0.1, 0.15) is 39.2 Å². The van der Waals surface area contributed by atoms with Gasteiger partial charge in [0.05, 0.1) is 11.8 Å². The summed E-state index contributed by atoms with van der Waals surface area (Å²) in [5.41, 5.74) is 1.71. The zero-order chi connectivity index (χ0) is 16.3. The van der Waals surface area contributed by atoms with Gasteiger partial charge in [-0.1, -0.05) is 51.1 Å². The summed E-state index contributed by atoms with van der Waals surface area (Å²) in [6.07, 6.45) is 4.61. The molecule has 0 heterocycles. The standard InChI is InChI=1S/C18H23NO3/c1-18(2,3)14-10-6-7-11-15(14)19-16(20)12-8-4-5-9-13(12)17(21)22/h4-7,10-13H,8-9H2,1-3H3,(H,19,20)(H,21,22)/t12-,13-/m1/s1. The van der Waals surface area contributed by atoms with Gasteiger partial charge in [-0.05, 0) is 29.9 Å². The maximum Gasteiger partial charge on any atom is 0.307 e. The van der Waals surface area contributed by atoms with Crippen LogP contribution in [0.2, 0.25) is 0 Å². The molecule has 0 saturated heterocycles. The highest BCUT2D eigenvalue weighted by Crippen LogP contribution is 2.31. The Morgan fingerprint density at radius 1 is 1.09 bits per heavy atom. The molecule has 0 aromatic heterocycles. The van der Waals surface area contributed by atoms with Gasteiger partial charge < -0.3 is 10.4 Å². The molecule has 0 aliphatic heterocycles. The fourth-order valence-electron chi connectivity index (χ4n) is 2.85. The normalized spacial score (nSPS) is 21.4. The van der Waals surface area contributed by atoms with Crippen molar-refractivity contribution in [1.82, 2.24) is 0 Å². The molecule has 1 amide bonds. The van der Waals surface area contributed by atoms with Crippen LogP contribution in [-0.4, -0.2) is 17.0 Å². The molecule has 22 heavy (non-hydrogen) atoms. The van der Waals surface area contributed by atoms with E-state index in [0.717, 1.165) is 11.3 Å². The molecular weight excluding hydrogens is 278 g/mol. The van der Waals surface area contributed by atoms with Crippen LogP contribution in [-0.2, 0) is 15.0 Å². The molecule has 0 spiro atoms. The number of para-hydroxylation sites is 1. The summed E-state index contributed by atoms with van der Waals surface area (Å²) in [5, 5.41) is 12.2. The largest absolute Gasteiger partial charge is 0.481 e. The molecule has 0 saturated carbocycles. The van der Waals surface area contributed by atoms with E-state index in [2.05, 4.69) is 26.1 Å². The number of hydrogen-bond donors (Lipinski definition) is 2. The van der Waals surface area contributed by atoms with E-state index in [0.29, 0.717) is 12.8 Å². The van der Waals surface area contributed by atoms with Gasteiger partial charge in [-0.3, -0.25) is 9.59 Å². The summed E-state index contributed by atoms with van der Waals surface area (Å²) in [5.74, 6) is -2.29. The van der Waals surface area contributed by atoms with E-state index < -0.39 is 17.8 Å². The zero-order valence-corrected chi connectivity index (χ0v) is 13.3. The third-order valence-electron chi connectivity index (χ3n) is 4.08. The molecule has 2 atom stereocenters. The highest BCUT2D eigenvalue weighted by atomic mass is 16.4. The Labute approximate surface area is 131 Å². The number of rotatable bonds is 3. The first-order valence-corrected chi connectivity index (χ1v) is 7.59. The number of carboxylic acids is 1. The SMILES string of the molecule is CC(C)(C)c1ccccc1NC(=O)[C@@H]1CC=CC[C@H]1C(=O)O. The molecule has 4 nitrogen and oxygen atoms in total. The number of aliphatic carboxylic acids is 1. The van der Waals surface area contributed by atoms with Crippen LogP contribution in [0.25, 0.3) is 0 Å². The summed E-state index contributed by atoms with van der Waals surface area (Å²) in [7, 11) is 0. The third kappa shape index (κ3) is 3.56. The van der Waals surface area contributed by atoms with Crippen molar-refractivity contribution in [2.45, 2.75) is 39.0 Å². The summed E-state index contributed by atoms with van der Waals surface area (Å²) < 4.78 is 0. The molecule has 1 aromatic carbocycles. The minimum Gasteiger partial charge on any atom is -0.481 e. The lowest BCUT2D eigenvalue weighted by molar-refractivity contribution is -0.146. The van der Waals surface area contributed by atoms with Crippen molar-refractivity contribution < 1.29 is 14.7 Å². The number of anilines is 1. The van der Waals surface area contributed by atoms with E-state index in [9.17, 15) is 14.7 Å². The van der Waals surface area contributed by atoms with Crippen molar-refractivity contribution in [3.8, 4) is 0 Å². The average molecular weight is 301 g/mol. The molecule has 0 radical (unpaired) electrons. The smallest absolute Gasteiger partial charge is 0.307 e. The topological polar surface area (TPSA) is 66.4 Å². The van der Waals surface area contributed by atoms with Crippen molar-refractivity contribution in [3.63, 3.8) is 0 Å². The Bertz CT molecular complexity index is 599. The molecule has 0 fully saturated rings. The van der Waals surface area contributed by atoms with Gasteiger partial charge in [0.15, 0.2) is 0 Å². The van der Waals surface area contributed by atoms with Crippen LogP contribution in [0.5, 0.6) is 0 Å². The highest BCUT2D eigenvalue weighted by Gasteiger charge is 2.34. The van der Waals surface area contributed by atoms with Crippen molar-refractivity contribution in [2.75, 3.05) is 5.32 Å². The predicted molar refractivity (Wildman–Crippen MR) is 86.8 cm³/mol. The Morgan fingerprint density at radius 2 is 1.68 bits per heavy atom. The van der Waals surface area contributed by atoms with Crippen LogP contribution in [0.4, 0.5) is 5.69 Å². The third-order valence-corrected chi connectivity index (χ3v) is 4.08.